The molecule has 2 N–H and O–H groups in total. The van der Waals surface area contributed by atoms with Crippen LogP contribution in [-0.2, 0) is 6.54 Å². The molecule has 0 saturated carbocycles. The number of benzene rings is 1. The van der Waals surface area contributed by atoms with Gasteiger partial charge in [-0.15, -0.1) is 10.2 Å². The van der Waals surface area contributed by atoms with Gasteiger partial charge in [-0.2, -0.15) is 0 Å². The molecule has 0 aliphatic rings. The Morgan fingerprint density at radius 2 is 2.00 bits per heavy atom. The highest BCUT2D eigenvalue weighted by Crippen LogP contribution is 2.25. The third-order valence-corrected chi connectivity index (χ3v) is 3.39. The van der Waals surface area contributed by atoms with Crippen LogP contribution in [0.4, 0.5) is 0 Å². The molecule has 2 aromatic rings. The summed E-state index contributed by atoms with van der Waals surface area (Å²) in [5.74, 6) is 0. The Kier molecular flexibility index (Phi) is 2.79. The molecule has 0 spiro atoms. The van der Waals surface area contributed by atoms with Crippen molar-refractivity contribution in [2.75, 3.05) is 0 Å². The van der Waals surface area contributed by atoms with Crippen LogP contribution in [0.2, 0.25) is 0 Å². The quantitative estimate of drug-likeness (QED) is 0.843. The van der Waals surface area contributed by atoms with Crippen molar-refractivity contribution in [2.45, 2.75) is 20.4 Å². The van der Waals surface area contributed by atoms with Crippen molar-refractivity contribution in [3.05, 3.63) is 34.3 Å². The summed E-state index contributed by atoms with van der Waals surface area (Å²) in [5, 5.41) is 9.94. The summed E-state index contributed by atoms with van der Waals surface area (Å²) in [7, 11) is 0. The van der Waals surface area contributed by atoms with E-state index in [1.807, 2.05) is 0 Å². The van der Waals surface area contributed by atoms with E-state index in [2.05, 4.69) is 42.2 Å². The van der Waals surface area contributed by atoms with E-state index in [-0.39, 0.29) is 0 Å². The molecule has 0 atom stereocenters. The molecular formula is C11H13N3S. The number of hydrogen-bond donors (Lipinski definition) is 1. The SMILES string of the molecule is Cc1ccc(-c2nnc(CN)s2)cc1C. The van der Waals surface area contributed by atoms with Gasteiger partial charge in [0.05, 0.1) is 0 Å². The monoisotopic (exact) mass is 219 g/mol. The van der Waals surface area contributed by atoms with Crippen LogP contribution in [0.5, 0.6) is 0 Å². The van der Waals surface area contributed by atoms with Crippen molar-refractivity contribution in [2.24, 2.45) is 5.73 Å². The van der Waals surface area contributed by atoms with Crippen molar-refractivity contribution in [3.63, 3.8) is 0 Å². The van der Waals surface area contributed by atoms with Gasteiger partial charge >= 0.3 is 0 Å². The third kappa shape index (κ3) is 2.06. The van der Waals surface area contributed by atoms with Gasteiger partial charge in [0, 0.05) is 12.1 Å². The average molecular weight is 219 g/mol. The van der Waals surface area contributed by atoms with Crippen LogP contribution in [0.1, 0.15) is 16.1 Å². The molecule has 0 unspecified atom stereocenters. The average Bonchev–Trinajstić information content (AvgIpc) is 2.70. The first kappa shape index (κ1) is 10.3. The molecular weight excluding hydrogens is 206 g/mol. The highest BCUT2D eigenvalue weighted by atomic mass is 32.1. The second-order valence-electron chi connectivity index (χ2n) is 3.50. The van der Waals surface area contributed by atoms with Gasteiger partial charge in [-0.3, -0.25) is 0 Å². The zero-order valence-corrected chi connectivity index (χ0v) is 9.64. The van der Waals surface area contributed by atoms with Crippen LogP contribution < -0.4 is 5.73 Å². The molecule has 1 aromatic heterocycles. The lowest BCUT2D eigenvalue weighted by atomic mass is 10.1. The van der Waals surface area contributed by atoms with Crippen LogP contribution >= 0.6 is 11.3 Å². The first-order chi connectivity index (χ1) is 7.20. The number of nitrogens with two attached hydrogens (primary N) is 1. The van der Waals surface area contributed by atoms with Crippen LogP contribution in [0.25, 0.3) is 10.6 Å². The number of aryl methyl sites for hydroxylation is 2. The smallest absolute Gasteiger partial charge is 0.147 e. The van der Waals surface area contributed by atoms with Gasteiger partial charge in [0.25, 0.3) is 0 Å². The van der Waals surface area contributed by atoms with Gasteiger partial charge in [0.1, 0.15) is 10.0 Å². The fourth-order valence-corrected chi connectivity index (χ4v) is 2.04. The first-order valence-corrected chi connectivity index (χ1v) is 5.62. The standard InChI is InChI=1S/C11H13N3S/c1-7-3-4-9(5-8(7)2)11-14-13-10(6-12)15-11/h3-5H,6,12H2,1-2H3. The Morgan fingerprint density at radius 1 is 1.20 bits per heavy atom. The highest BCUT2D eigenvalue weighted by Gasteiger charge is 2.05. The molecule has 0 radical (unpaired) electrons. The summed E-state index contributed by atoms with van der Waals surface area (Å²) in [6.07, 6.45) is 0. The maximum absolute atomic E-state index is 5.50. The summed E-state index contributed by atoms with van der Waals surface area (Å²) in [5.41, 5.74) is 9.19. The van der Waals surface area contributed by atoms with Gasteiger partial charge in [-0.25, -0.2) is 0 Å². The van der Waals surface area contributed by atoms with E-state index in [0.29, 0.717) is 6.54 Å². The fourth-order valence-electron chi connectivity index (χ4n) is 1.33. The predicted molar refractivity (Wildman–Crippen MR) is 62.7 cm³/mol. The summed E-state index contributed by atoms with van der Waals surface area (Å²) in [6, 6.07) is 6.31. The predicted octanol–water partition coefficient (Wildman–Crippen LogP) is 2.28. The van der Waals surface area contributed by atoms with E-state index < -0.39 is 0 Å². The molecule has 0 fully saturated rings. The molecule has 0 aliphatic carbocycles. The summed E-state index contributed by atoms with van der Waals surface area (Å²) < 4.78 is 0. The van der Waals surface area contributed by atoms with E-state index >= 15 is 0 Å². The minimum Gasteiger partial charge on any atom is -0.324 e. The lowest BCUT2D eigenvalue weighted by molar-refractivity contribution is 0.960. The summed E-state index contributed by atoms with van der Waals surface area (Å²) in [6.45, 7) is 4.66. The number of rotatable bonds is 2. The molecule has 0 saturated heterocycles. The Morgan fingerprint density at radius 3 is 2.60 bits per heavy atom. The molecule has 1 heterocycles. The van der Waals surface area contributed by atoms with Crippen molar-refractivity contribution < 1.29 is 0 Å². The highest BCUT2D eigenvalue weighted by molar-refractivity contribution is 7.14. The molecule has 0 bridgehead atoms. The van der Waals surface area contributed by atoms with Crippen molar-refractivity contribution in [1.29, 1.82) is 0 Å². The second kappa shape index (κ2) is 4.08. The number of aromatic nitrogens is 2. The zero-order chi connectivity index (χ0) is 10.8. The van der Waals surface area contributed by atoms with Gasteiger partial charge in [0.15, 0.2) is 0 Å². The normalized spacial score (nSPS) is 10.6. The second-order valence-corrected chi connectivity index (χ2v) is 4.57. The molecule has 3 nitrogen and oxygen atoms in total. The maximum Gasteiger partial charge on any atom is 0.147 e. The summed E-state index contributed by atoms with van der Waals surface area (Å²) in [4.78, 5) is 0. The molecule has 1 aromatic carbocycles. The molecule has 15 heavy (non-hydrogen) atoms. The van der Waals surface area contributed by atoms with E-state index in [1.165, 1.54) is 11.1 Å². The zero-order valence-electron chi connectivity index (χ0n) is 8.82. The van der Waals surface area contributed by atoms with E-state index in [0.717, 1.165) is 15.6 Å². The number of nitrogens with zero attached hydrogens (tertiary/aromatic N) is 2. The molecule has 4 heteroatoms. The fraction of sp³-hybridized carbons (Fsp3) is 0.273. The Bertz CT molecular complexity index is 476. The van der Waals surface area contributed by atoms with Crippen molar-refractivity contribution in [3.8, 4) is 10.6 Å². The maximum atomic E-state index is 5.50. The van der Waals surface area contributed by atoms with Crippen molar-refractivity contribution in [1.82, 2.24) is 10.2 Å². The Labute approximate surface area is 93.0 Å². The van der Waals surface area contributed by atoms with E-state index in [1.54, 1.807) is 11.3 Å². The Hall–Kier alpha value is -1.26. The van der Waals surface area contributed by atoms with E-state index in [4.69, 9.17) is 5.73 Å². The topological polar surface area (TPSA) is 51.8 Å². The van der Waals surface area contributed by atoms with Gasteiger partial charge in [-0.05, 0) is 31.0 Å². The Balaban J connectivity index is 2.40. The molecule has 78 valence electrons. The van der Waals surface area contributed by atoms with Crippen LogP contribution in [0, 0.1) is 13.8 Å². The van der Waals surface area contributed by atoms with Crippen LogP contribution in [-0.4, -0.2) is 10.2 Å². The van der Waals surface area contributed by atoms with Crippen LogP contribution in [0.15, 0.2) is 18.2 Å². The molecule has 0 amide bonds. The van der Waals surface area contributed by atoms with Gasteiger partial charge in [-0.1, -0.05) is 23.5 Å². The van der Waals surface area contributed by atoms with Gasteiger partial charge < -0.3 is 5.73 Å². The lowest BCUT2D eigenvalue weighted by Crippen LogP contribution is -1.94. The van der Waals surface area contributed by atoms with Gasteiger partial charge in [0.2, 0.25) is 0 Å². The minimum atomic E-state index is 0.461. The lowest BCUT2D eigenvalue weighted by Gasteiger charge is -2.01. The summed E-state index contributed by atoms with van der Waals surface area (Å²) >= 11 is 1.55. The minimum absolute atomic E-state index is 0.461. The first-order valence-electron chi connectivity index (χ1n) is 4.81. The van der Waals surface area contributed by atoms with E-state index in [9.17, 15) is 0 Å². The number of hydrogen-bond acceptors (Lipinski definition) is 4. The molecule has 0 aliphatic heterocycles. The van der Waals surface area contributed by atoms with Crippen LogP contribution in [0.3, 0.4) is 0 Å². The van der Waals surface area contributed by atoms with Crippen molar-refractivity contribution >= 4 is 11.3 Å². The largest absolute Gasteiger partial charge is 0.324 e. The molecule has 2 rings (SSSR count). The third-order valence-electron chi connectivity index (χ3n) is 2.40.